The third-order valence-corrected chi connectivity index (χ3v) is 6.06. The molecular weight excluding hydrogens is 352 g/mol. The number of thiocarbonyl (C=S) groups is 1. The van der Waals surface area contributed by atoms with Gasteiger partial charge in [0, 0.05) is 5.69 Å². The predicted molar refractivity (Wildman–Crippen MR) is 115 cm³/mol. The minimum absolute atomic E-state index is 0.0448. The summed E-state index contributed by atoms with van der Waals surface area (Å²) in [5.41, 5.74) is 2.27. The van der Waals surface area contributed by atoms with Crippen molar-refractivity contribution in [1.82, 2.24) is 5.32 Å². The highest BCUT2D eigenvalue weighted by Crippen LogP contribution is 2.38. The quantitative estimate of drug-likeness (QED) is 0.646. The lowest BCUT2D eigenvalue weighted by molar-refractivity contribution is 0.210. The number of ether oxygens (including phenoxy) is 1. The summed E-state index contributed by atoms with van der Waals surface area (Å²) >= 11 is 5.64. The van der Waals surface area contributed by atoms with Crippen molar-refractivity contribution in [2.45, 2.75) is 63.0 Å². The van der Waals surface area contributed by atoms with Crippen molar-refractivity contribution in [2.24, 2.45) is 0 Å². The molecule has 27 heavy (non-hydrogen) atoms. The summed E-state index contributed by atoms with van der Waals surface area (Å²) in [5.74, 6) is 0.947. The molecule has 2 fully saturated rings. The van der Waals surface area contributed by atoms with Crippen LogP contribution in [-0.2, 0) is 5.54 Å². The van der Waals surface area contributed by atoms with E-state index in [1.54, 1.807) is 0 Å². The largest absolute Gasteiger partial charge is 0.490 e. The number of benzene rings is 2. The summed E-state index contributed by atoms with van der Waals surface area (Å²) in [4.78, 5) is 0. The smallest absolute Gasteiger partial charge is 0.171 e. The molecule has 2 aromatic carbocycles. The van der Waals surface area contributed by atoms with E-state index in [1.165, 1.54) is 44.1 Å². The monoisotopic (exact) mass is 380 g/mol. The van der Waals surface area contributed by atoms with Gasteiger partial charge >= 0.3 is 0 Å². The maximum atomic E-state index is 6.04. The minimum Gasteiger partial charge on any atom is -0.490 e. The average Bonchev–Trinajstić information content (AvgIpc) is 3.37. The summed E-state index contributed by atoms with van der Waals surface area (Å²) in [5, 5.41) is 7.65. The number of hydrogen-bond donors (Lipinski definition) is 2. The van der Waals surface area contributed by atoms with Gasteiger partial charge in [-0.1, -0.05) is 43.2 Å². The van der Waals surface area contributed by atoms with Gasteiger partial charge in [0.05, 0.1) is 11.6 Å². The fraction of sp³-hybridized carbons (Fsp3) is 0.435. The molecule has 3 nitrogen and oxygen atoms in total. The van der Waals surface area contributed by atoms with Gasteiger partial charge in [-0.3, -0.25) is 0 Å². The highest BCUT2D eigenvalue weighted by molar-refractivity contribution is 7.80. The van der Waals surface area contributed by atoms with Crippen LogP contribution in [0.4, 0.5) is 5.69 Å². The molecule has 142 valence electrons. The van der Waals surface area contributed by atoms with Crippen LogP contribution >= 0.6 is 12.2 Å². The Bertz CT molecular complexity index is 748. The van der Waals surface area contributed by atoms with Crippen LogP contribution in [0.3, 0.4) is 0 Å². The lowest BCUT2D eigenvalue weighted by Gasteiger charge is -2.32. The van der Waals surface area contributed by atoms with Crippen molar-refractivity contribution in [3.8, 4) is 5.75 Å². The molecule has 0 spiro atoms. The van der Waals surface area contributed by atoms with Gasteiger partial charge in [0.1, 0.15) is 5.75 Å². The van der Waals surface area contributed by atoms with Crippen LogP contribution in [0.1, 0.15) is 56.9 Å². The highest BCUT2D eigenvalue weighted by Gasteiger charge is 2.36. The molecule has 0 unspecified atom stereocenters. The Kier molecular flexibility index (Phi) is 5.63. The van der Waals surface area contributed by atoms with E-state index in [-0.39, 0.29) is 5.54 Å². The molecule has 2 aliphatic carbocycles. The van der Waals surface area contributed by atoms with E-state index in [0.717, 1.165) is 24.3 Å². The first-order valence-corrected chi connectivity index (χ1v) is 10.6. The molecule has 4 rings (SSSR count). The van der Waals surface area contributed by atoms with Gasteiger partial charge in [0.2, 0.25) is 0 Å². The molecule has 0 amide bonds. The summed E-state index contributed by atoms with van der Waals surface area (Å²) in [7, 11) is 0. The Balaban J connectivity index is 1.38. The van der Waals surface area contributed by atoms with Crippen molar-refractivity contribution in [3.63, 3.8) is 0 Å². The molecule has 0 saturated heterocycles. The van der Waals surface area contributed by atoms with E-state index in [1.807, 2.05) is 24.3 Å². The average molecular weight is 381 g/mol. The topological polar surface area (TPSA) is 33.3 Å². The highest BCUT2D eigenvalue weighted by atomic mass is 32.1. The molecule has 2 aromatic rings. The zero-order chi connectivity index (χ0) is 18.5. The Morgan fingerprint density at radius 1 is 0.889 bits per heavy atom. The second-order valence-corrected chi connectivity index (χ2v) is 8.19. The van der Waals surface area contributed by atoms with Crippen LogP contribution in [0, 0.1) is 0 Å². The summed E-state index contributed by atoms with van der Waals surface area (Å²) in [6, 6.07) is 18.8. The Morgan fingerprint density at radius 2 is 1.56 bits per heavy atom. The van der Waals surface area contributed by atoms with Crippen molar-refractivity contribution in [2.75, 3.05) is 5.32 Å². The molecular formula is C23H28N2OS. The van der Waals surface area contributed by atoms with Gasteiger partial charge in [-0.05, 0) is 80.6 Å². The second-order valence-electron chi connectivity index (χ2n) is 7.78. The fourth-order valence-electron chi connectivity index (χ4n) is 4.42. The van der Waals surface area contributed by atoms with Crippen LogP contribution in [0.25, 0.3) is 0 Å². The normalized spacial score (nSPS) is 19.0. The molecule has 0 aliphatic heterocycles. The maximum Gasteiger partial charge on any atom is 0.171 e. The zero-order valence-corrected chi connectivity index (χ0v) is 16.6. The lowest BCUT2D eigenvalue weighted by Crippen LogP contribution is -2.45. The predicted octanol–water partition coefficient (Wildman–Crippen LogP) is 5.76. The van der Waals surface area contributed by atoms with Crippen LogP contribution in [-0.4, -0.2) is 11.2 Å². The van der Waals surface area contributed by atoms with Crippen molar-refractivity contribution in [3.05, 3.63) is 60.2 Å². The number of anilines is 1. The van der Waals surface area contributed by atoms with Gasteiger partial charge in [-0.15, -0.1) is 0 Å². The molecule has 2 saturated carbocycles. The van der Waals surface area contributed by atoms with E-state index < -0.39 is 0 Å². The van der Waals surface area contributed by atoms with E-state index >= 15 is 0 Å². The van der Waals surface area contributed by atoms with Gasteiger partial charge in [0.15, 0.2) is 5.11 Å². The summed E-state index contributed by atoms with van der Waals surface area (Å²) in [6.45, 7) is 0. The van der Waals surface area contributed by atoms with Gasteiger partial charge in [-0.25, -0.2) is 0 Å². The van der Waals surface area contributed by atoms with E-state index in [2.05, 4.69) is 41.0 Å². The SMILES string of the molecule is S=C(Nc1ccc(OC2CCCC2)cc1)NC1(c2ccccc2)CCCC1. The third-order valence-electron chi connectivity index (χ3n) is 5.85. The lowest BCUT2D eigenvalue weighted by atomic mass is 9.88. The molecule has 0 heterocycles. The molecule has 0 bridgehead atoms. The molecule has 2 N–H and O–H groups in total. The second kappa shape index (κ2) is 8.30. The van der Waals surface area contributed by atoms with Crippen LogP contribution in [0.15, 0.2) is 54.6 Å². The van der Waals surface area contributed by atoms with Crippen molar-refractivity contribution >= 4 is 23.0 Å². The Hall–Kier alpha value is -2.07. The molecule has 0 radical (unpaired) electrons. The van der Waals surface area contributed by atoms with Crippen LogP contribution < -0.4 is 15.4 Å². The van der Waals surface area contributed by atoms with E-state index in [4.69, 9.17) is 17.0 Å². The fourth-order valence-corrected chi connectivity index (χ4v) is 4.73. The number of rotatable bonds is 5. The maximum absolute atomic E-state index is 6.04. The van der Waals surface area contributed by atoms with Crippen LogP contribution in [0.2, 0.25) is 0 Å². The zero-order valence-electron chi connectivity index (χ0n) is 15.7. The Labute approximate surface area is 167 Å². The molecule has 0 atom stereocenters. The van der Waals surface area contributed by atoms with Gasteiger partial charge in [0.25, 0.3) is 0 Å². The molecule has 2 aliphatic rings. The first-order chi connectivity index (χ1) is 13.2. The molecule has 0 aromatic heterocycles. The first-order valence-electron chi connectivity index (χ1n) is 10.1. The number of nitrogens with one attached hydrogen (secondary N) is 2. The van der Waals surface area contributed by atoms with Gasteiger partial charge < -0.3 is 15.4 Å². The summed E-state index contributed by atoms with van der Waals surface area (Å²) in [6.07, 6.45) is 10.0. The van der Waals surface area contributed by atoms with Crippen molar-refractivity contribution in [1.29, 1.82) is 0 Å². The first kappa shape index (κ1) is 18.3. The van der Waals surface area contributed by atoms with Gasteiger partial charge in [-0.2, -0.15) is 0 Å². The summed E-state index contributed by atoms with van der Waals surface area (Å²) < 4.78 is 6.04. The van der Waals surface area contributed by atoms with E-state index in [0.29, 0.717) is 11.2 Å². The number of hydrogen-bond acceptors (Lipinski definition) is 2. The molecule has 4 heteroatoms. The standard InChI is InChI=1S/C23H28N2OS/c27-22(25-23(16-6-7-17-23)18-8-2-1-3-9-18)24-19-12-14-21(15-13-19)26-20-10-4-5-11-20/h1-3,8-9,12-15,20H,4-7,10-11,16-17H2,(H2,24,25,27). The van der Waals surface area contributed by atoms with E-state index in [9.17, 15) is 0 Å². The third kappa shape index (κ3) is 4.44. The minimum atomic E-state index is -0.0448. The van der Waals surface area contributed by atoms with Crippen molar-refractivity contribution < 1.29 is 4.74 Å². The van der Waals surface area contributed by atoms with Crippen LogP contribution in [0.5, 0.6) is 5.75 Å². The Morgan fingerprint density at radius 3 is 2.22 bits per heavy atom.